The van der Waals surface area contributed by atoms with E-state index >= 15 is 0 Å². The standard InChI is InChI=1S/C18H17F5N6O/c19-15-2-1-11(5-14(15)16(20)21)25-6-12(28-24)9-30-17-26-7-13(8-27-17)29-4-3-18(22,23)10-29/h1-2,5-8,16,24-25H,3-4,9-10H2/b12-6-,28-24?. The monoisotopic (exact) mass is 428 g/mol. The second-order valence-corrected chi connectivity index (χ2v) is 6.47. The Hall–Kier alpha value is -3.31. The van der Waals surface area contributed by atoms with Crippen molar-refractivity contribution >= 4 is 11.4 Å². The highest BCUT2D eigenvalue weighted by molar-refractivity contribution is 5.49. The number of halogens is 5. The zero-order valence-corrected chi connectivity index (χ0v) is 15.5. The van der Waals surface area contributed by atoms with Gasteiger partial charge in [0.25, 0.3) is 12.3 Å². The summed E-state index contributed by atoms with van der Waals surface area (Å²) in [5, 5.41) is 5.88. The third kappa shape index (κ3) is 5.39. The summed E-state index contributed by atoms with van der Waals surface area (Å²) in [5.41, 5.74) is 7.10. The van der Waals surface area contributed by atoms with E-state index in [0.717, 1.165) is 12.1 Å². The Morgan fingerprint density at radius 3 is 2.67 bits per heavy atom. The normalized spacial score (nSPS) is 16.1. The molecule has 0 bridgehead atoms. The third-order valence-corrected chi connectivity index (χ3v) is 4.28. The quantitative estimate of drug-likeness (QED) is 0.468. The minimum Gasteiger partial charge on any atom is -0.457 e. The van der Waals surface area contributed by atoms with Crippen LogP contribution in [0.15, 0.2) is 47.6 Å². The molecule has 7 nitrogen and oxygen atoms in total. The number of nitrogens with one attached hydrogen (secondary N) is 2. The molecule has 12 heteroatoms. The Morgan fingerprint density at radius 1 is 1.33 bits per heavy atom. The number of rotatable bonds is 8. The summed E-state index contributed by atoms with van der Waals surface area (Å²) in [6.07, 6.45) is 0.744. The van der Waals surface area contributed by atoms with Gasteiger partial charge in [0.05, 0.1) is 30.2 Å². The Kier molecular flexibility index (Phi) is 6.43. The van der Waals surface area contributed by atoms with Gasteiger partial charge in [-0.2, -0.15) is 5.11 Å². The van der Waals surface area contributed by atoms with Gasteiger partial charge in [0.15, 0.2) is 0 Å². The first-order valence-corrected chi connectivity index (χ1v) is 8.76. The number of alkyl halides is 4. The molecule has 0 unspecified atom stereocenters. The van der Waals surface area contributed by atoms with Crippen molar-refractivity contribution in [2.75, 3.05) is 29.9 Å². The number of ether oxygens (including phenoxy) is 1. The number of anilines is 2. The summed E-state index contributed by atoms with van der Waals surface area (Å²) in [4.78, 5) is 9.35. The average molecular weight is 428 g/mol. The van der Waals surface area contributed by atoms with E-state index in [2.05, 4.69) is 20.4 Å². The molecule has 0 spiro atoms. The minimum atomic E-state index is -2.97. The van der Waals surface area contributed by atoms with Crippen LogP contribution in [0.5, 0.6) is 6.01 Å². The maximum Gasteiger partial charge on any atom is 0.316 e. The lowest BCUT2D eigenvalue weighted by Crippen LogP contribution is -2.25. The van der Waals surface area contributed by atoms with Crippen LogP contribution in [0.4, 0.5) is 33.3 Å². The van der Waals surface area contributed by atoms with Crippen LogP contribution in [0.3, 0.4) is 0 Å². The van der Waals surface area contributed by atoms with Crippen molar-refractivity contribution in [2.24, 2.45) is 5.11 Å². The lowest BCUT2D eigenvalue weighted by atomic mass is 10.2. The van der Waals surface area contributed by atoms with E-state index in [-0.39, 0.29) is 37.0 Å². The van der Waals surface area contributed by atoms with Crippen LogP contribution in [0.2, 0.25) is 0 Å². The highest BCUT2D eigenvalue weighted by Crippen LogP contribution is 2.30. The molecule has 0 atom stereocenters. The SMILES string of the molecule is N=N/C(=C\Nc1ccc(F)c(C(F)F)c1)COc1ncc(N2CCC(F)(F)C2)cn1. The molecule has 0 saturated carbocycles. The maximum atomic E-state index is 13.3. The second-order valence-electron chi connectivity index (χ2n) is 6.47. The fourth-order valence-corrected chi connectivity index (χ4v) is 2.72. The third-order valence-electron chi connectivity index (χ3n) is 4.28. The van der Waals surface area contributed by atoms with Crippen molar-refractivity contribution in [2.45, 2.75) is 18.8 Å². The number of aromatic nitrogens is 2. The van der Waals surface area contributed by atoms with E-state index in [4.69, 9.17) is 10.3 Å². The van der Waals surface area contributed by atoms with Crippen LogP contribution in [0.1, 0.15) is 18.4 Å². The molecule has 2 N–H and O–H groups in total. The molecule has 160 valence electrons. The van der Waals surface area contributed by atoms with Crippen molar-refractivity contribution in [3.8, 4) is 6.01 Å². The van der Waals surface area contributed by atoms with Crippen molar-refractivity contribution in [1.82, 2.24) is 9.97 Å². The first kappa shape index (κ1) is 21.4. The zero-order valence-electron chi connectivity index (χ0n) is 15.5. The number of hydrogen-bond acceptors (Lipinski definition) is 7. The smallest absolute Gasteiger partial charge is 0.316 e. The molecule has 1 aliphatic heterocycles. The van der Waals surface area contributed by atoms with Crippen molar-refractivity contribution in [3.63, 3.8) is 0 Å². The molecule has 1 aliphatic rings. The molecule has 1 fully saturated rings. The van der Waals surface area contributed by atoms with Crippen LogP contribution in [0.25, 0.3) is 0 Å². The molecule has 0 amide bonds. The predicted octanol–water partition coefficient (Wildman–Crippen LogP) is 4.76. The van der Waals surface area contributed by atoms with Crippen molar-refractivity contribution in [1.29, 1.82) is 5.53 Å². The predicted molar refractivity (Wildman–Crippen MR) is 97.5 cm³/mol. The largest absolute Gasteiger partial charge is 0.457 e. The van der Waals surface area contributed by atoms with Crippen molar-refractivity contribution < 1.29 is 26.7 Å². The summed E-state index contributed by atoms with van der Waals surface area (Å²) in [6, 6.07) is 3.05. The molecule has 1 saturated heterocycles. The Bertz CT molecular complexity index is 922. The van der Waals surface area contributed by atoms with Gasteiger partial charge in [-0.1, -0.05) is 0 Å². The Labute approximate surface area is 168 Å². The van der Waals surface area contributed by atoms with Crippen LogP contribution >= 0.6 is 0 Å². The summed E-state index contributed by atoms with van der Waals surface area (Å²) in [5.74, 6) is -3.76. The lowest BCUT2D eigenvalue weighted by Gasteiger charge is -2.17. The first-order valence-electron chi connectivity index (χ1n) is 8.76. The van der Waals surface area contributed by atoms with E-state index in [1.54, 1.807) is 0 Å². The lowest BCUT2D eigenvalue weighted by molar-refractivity contribution is 0.0257. The molecule has 0 aliphatic carbocycles. The molecule has 0 radical (unpaired) electrons. The van der Waals surface area contributed by atoms with Crippen LogP contribution in [0, 0.1) is 11.3 Å². The van der Waals surface area contributed by atoms with Crippen molar-refractivity contribution in [3.05, 3.63) is 53.9 Å². The van der Waals surface area contributed by atoms with Gasteiger partial charge in [-0.3, -0.25) is 0 Å². The van der Waals surface area contributed by atoms with E-state index in [1.165, 1.54) is 29.6 Å². The van der Waals surface area contributed by atoms with E-state index < -0.39 is 30.3 Å². The Morgan fingerprint density at radius 2 is 2.07 bits per heavy atom. The molecule has 1 aromatic carbocycles. The fourth-order valence-electron chi connectivity index (χ4n) is 2.72. The average Bonchev–Trinajstić information content (AvgIpc) is 3.09. The number of benzene rings is 1. The summed E-state index contributed by atoms with van der Waals surface area (Å²) < 4.78 is 70.7. The summed E-state index contributed by atoms with van der Waals surface area (Å²) in [6.45, 7) is -0.423. The minimum absolute atomic E-state index is 0.0546. The van der Waals surface area contributed by atoms with Gasteiger partial charge < -0.3 is 15.0 Å². The van der Waals surface area contributed by atoms with Gasteiger partial charge in [-0.25, -0.2) is 37.5 Å². The maximum absolute atomic E-state index is 13.3. The highest BCUT2D eigenvalue weighted by atomic mass is 19.3. The van der Waals surface area contributed by atoms with Gasteiger partial charge in [-0.05, 0) is 18.2 Å². The Balaban J connectivity index is 1.57. The molecule has 30 heavy (non-hydrogen) atoms. The van der Waals surface area contributed by atoms with E-state index in [1.807, 2.05) is 0 Å². The van der Waals surface area contributed by atoms with E-state index in [0.29, 0.717) is 5.69 Å². The number of hydrogen-bond donors (Lipinski definition) is 2. The zero-order chi connectivity index (χ0) is 21.7. The topological polar surface area (TPSA) is 86.5 Å². The van der Waals surface area contributed by atoms with Gasteiger partial charge >= 0.3 is 6.01 Å². The van der Waals surface area contributed by atoms with Crippen LogP contribution in [-0.4, -0.2) is 35.6 Å². The first-order chi connectivity index (χ1) is 14.3. The molecule has 2 heterocycles. The highest BCUT2D eigenvalue weighted by Gasteiger charge is 2.38. The fraction of sp³-hybridized carbons (Fsp3) is 0.333. The van der Waals surface area contributed by atoms with Gasteiger partial charge in [-0.15, -0.1) is 0 Å². The molecular weight excluding hydrogens is 411 g/mol. The molecule has 1 aromatic heterocycles. The summed E-state index contributed by atoms with van der Waals surface area (Å²) >= 11 is 0. The number of nitrogens with zero attached hydrogens (tertiary/aromatic N) is 4. The van der Waals surface area contributed by atoms with Gasteiger partial charge in [0, 0.05) is 24.9 Å². The van der Waals surface area contributed by atoms with Crippen LogP contribution in [-0.2, 0) is 0 Å². The van der Waals surface area contributed by atoms with E-state index in [9.17, 15) is 22.0 Å². The second kappa shape index (κ2) is 9.01. The summed E-state index contributed by atoms with van der Waals surface area (Å²) in [7, 11) is 0. The molecule has 3 rings (SSSR count). The van der Waals surface area contributed by atoms with Crippen LogP contribution < -0.4 is 15.0 Å². The molecule has 2 aromatic rings. The van der Waals surface area contributed by atoms with Gasteiger partial charge in [0.2, 0.25) is 0 Å². The molecular formula is C18H17F5N6O. The van der Waals surface area contributed by atoms with Gasteiger partial charge in [0.1, 0.15) is 18.1 Å².